The van der Waals surface area contributed by atoms with E-state index < -0.39 is 23.3 Å². The molecule has 0 bridgehead atoms. The summed E-state index contributed by atoms with van der Waals surface area (Å²) in [5.74, 6) is -1.07. The lowest BCUT2D eigenvalue weighted by atomic mass is 9.68. The third-order valence-electron chi connectivity index (χ3n) is 9.32. The average molecular weight is 535 g/mol. The molecule has 0 saturated heterocycles. The predicted octanol–water partition coefficient (Wildman–Crippen LogP) is 10.8. The maximum absolute atomic E-state index is 15.3. The molecule has 0 unspecified atom stereocenters. The zero-order valence-electron chi connectivity index (χ0n) is 23.0. The minimum Gasteiger partial charge on any atom is -0.203 e. The highest BCUT2D eigenvalue weighted by Gasteiger charge is 2.32. The third kappa shape index (κ3) is 5.71. The molecule has 4 heteroatoms. The van der Waals surface area contributed by atoms with Crippen molar-refractivity contribution in [1.29, 1.82) is 0 Å². The molecule has 2 saturated carbocycles. The van der Waals surface area contributed by atoms with Crippen LogP contribution in [0.4, 0.5) is 17.6 Å². The molecule has 39 heavy (non-hydrogen) atoms. The second kappa shape index (κ2) is 12.1. The highest BCUT2D eigenvalue weighted by Crippen LogP contribution is 2.45. The van der Waals surface area contributed by atoms with Gasteiger partial charge in [-0.05, 0) is 111 Å². The van der Waals surface area contributed by atoms with Gasteiger partial charge in [-0.15, -0.1) is 0 Å². The summed E-state index contributed by atoms with van der Waals surface area (Å²) in [6.07, 6.45) is 14.0. The standard InChI is InChI=1S/C35H38F4/c1-3-5-22-6-8-24(9-7-22)25-10-12-26(13-11-25)30-20-21-31(35(39)34(30)38)28-16-14-27(15-17-28)29-19-18-23(4-2)32(36)33(29)37/h3,5,14-22,24-26H,4,6-13H2,1-2H3. The molecule has 0 radical (unpaired) electrons. The van der Waals surface area contributed by atoms with Crippen molar-refractivity contribution in [2.45, 2.75) is 77.6 Å². The van der Waals surface area contributed by atoms with Gasteiger partial charge in [-0.2, -0.15) is 0 Å². The fourth-order valence-electron chi connectivity index (χ4n) is 7.00. The van der Waals surface area contributed by atoms with Gasteiger partial charge >= 0.3 is 0 Å². The number of allylic oxidation sites excluding steroid dienone is 2. The second-order valence-corrected chi connectivity index (χ2v) is 11.5. The van der Waals surface area contributed by atoms with Crippen molar-refractivity contribution in [2.75, 3.05) is 0 Å². The molecular weight excluding hydrogens is 496 g/mol. The average Bonchev–Trinajstić information content (AvgIpc) is 2.97. The Kier molecular flexibility index (Phi) is 8.59. The maximum atomic E-state index is 15.3. The van der Waals surface area contributed by atoms with Crippen LogP contribution < -0.4 is 0 Å². The normalized spacial score (nSPS) is 23.8. The summed E-state index contributed by atoms with van der Waals surface area (Å²) < 4.78 is 59.5. The molecule has 0 N–H and O–H groups in total. The van der Waals surface area contributed by atoms with Crippen LogP contribution in [0.5, 0.6) is 0 Å². The van der Waals surface area contributed by atoms with Gasteiger partial charge in [0.1, 0.15) is 0 Å². The second-order valence-electron chi connectivity index (χ2n) is 11.5. The van der Waals surface area contributed by atoms with Crippen LogP contribution >= 0.6 is 0 Å². The first-order valence-electron chi connectivity index (χ1n) is 14.6. The van der Waals surface area contributed by atoms with Crippen LogP contribution in [0.15, 0.2) is 60.7 Å². The molecule has 0 aromatic heterocycles. The van der Waals surface area contributed by atoms with E-state index in [0.29, 0.717) is 34.6 Å². The molecule has 3 aromatic rings. The van der Waals surface area contributed by atoms with Crippen molar-refractivity contribution in [2.24, 2.45) is 17.8 Å². The molecule has 0 nitrogen and oxygen atoms in total. The summed E-state index contributed by atoms with van der Waals surface area (Å²) in [7, 11) is 0. The van der Waals surface area contributed by atoms with Crippen LogP contribution in [-0.4, -0.2) is 0 Å². The van der Waals surface area contributed by atoms with Crippen LogP contribution in [0.3, 0.4) is 0 Å². The van der Waals surface area contributed by atoms with E-state index in [0.717, 1.165) is 37.5 Å². The molecule has 2 aliphatic rings. The van der Waals surface area contributed by atoms with Gasteiger partial charge in [0.15, 0.2) is 23.3 Å². The molecule has 5 rings (SSSR count). The maximum Gasteiger partial charge on any atom is 0.166 e. The molecular formula is C35H38F4. The zero-order chi connectivity index (χ0) is 27.5. The van der Waals surface area contributed by atoms with Crippen molar-refractivity contribution in [3.8, 4) is 22.3 Å². The van der Waals surface area contributed by atoms with Crippen LogP contribution in [-0.2, 0) is 6.42 Å². The fraction of sp³-hybridized carbons (Fsp3) is 0.429. The van der Waals surface area contributed by atoms with Gasteiger partial charge < -0.3 is 0 Å². The number of rotatable bonds is 6. The fourth-order valence-corrected chi connectivity index (χ4v) is 7.00. The highest BCUT2D eigenvalue weighted by atomic mass is 19.2. The van der Waals surface area contributed by atoms with Crippen molar-refractivity contribution >= 4 is 0 Å². The van der Waals surface area contributed by atoms with E-state index in [1.807, 2.05) is 0 Å². The number of halogens is 4. The lowest BCUT2D eigenvalue weighted by Crippen LogP contribution is -2.25. The van der Waals surface area contributed by atoms with E-state index in [4.69, 9.17) is 0 Å². The third-order valence-corrected chi connectivity index (χ3v) is 9.32. The Morgan fingerprint density at radius 2 is 1.13 bits per heavy atom. The first-order chi connectivity index (χ1) is 18.9. The largest absolute Gasteiger partial charge is 0.203 e. The van der Waals surface area contributed by atoms with Gasteiger partial charge in [-0.25, -0.2) is 17.6 Å². The lowest BCUT2D eigenvalue weighted by Gasteiger charge is -2.37. The zero-order valence-corrected chi connectivity index (χ0v) is 23.0. The summed E-state index contributed by atoms with van der Waals surface area (Å²) in [5, 5.41) is 0. The molecule has 206 valence electrons. The van der Waals surface area contributed by atoms with Gasteiger partial charge in [0, 0.05) is 11.1 Å². The minimum atomic E-state index is -0.889. The van der Waals surface area contributed by atoms with Crippen molar-refractivity contribution in [3.63, 3.8) is 0 Å². The monoisotopic (exact) mass is 534 g/mol. The first kappa shape index (κ1) is 27.7. The minimum absolute atomic E-state index is 0.0514. The number of benzene rings is 3. The van der Waals surface area contributed by atoms with Crippen molar-refractivity contribution in [3.05, 3.63) is 95.1 Å². The number of hydrogen-bond donors (Lipinski definition) is 0. The Bertz CT molecular complexity index is 1310. The molecule has 2 fully saturated rings. The summed E-state index contributed by atoms with van der Waals surface area (Å²) in [5.41, 5.74) is 2.14. The van der Waals surface area contributed by atoms with Gasteiger partial charge in [0.05, 0.1) is 0 Å². The SMILES string of the molecule is CC=CC1CCC(C2CCC(c3ccc(-c4ccc(-c5ccc(CC)c(F)c5F)cc4)c(F)c3F)CC2)CC1. The Balaban J connectivity index is 1.26. The van der Waals surface area contributed by atoms with Gasteiger partial charge in [0.25, 0.3) is 0 Å². The molecule has 2 aliphatic carbocycles. The molecule has 0 heterocycles. The summed E-state index contributed by atoms with van der Waals surface area (Å²) >= 11 is 0. The topological polar surface area (TPSA) is 0 Å². The quantitative estimate of drug-likeness (QED) is 0.218. The lowest BCUT2D eigenvalue weighted by molar-refractivity contribution is 0.170. The van der Waals surface area contributed by atoms with Crippen molar-refractivity contribution < 1.29 is 17.6 Å². The number of aryl methyl sites for hydroxylation is 1. The molecule has 0 atom stereocenters. The Morgan fingerprint density at radius 1 is 0.615 bits per heavy atom. The van der Waals surface area contributed by atoms with E-state index in [1.165, 1.54) is 25.7 Å². The van der Waals surface area contributed by atoms with E-state index in [1.54, 1.807) is 55.5 Å². The van der Waals surface area contributed by atoms with Gasteiger partial charge in [-0.3, -0.25) is 0 Å². The summed E-state index contributed by atoms with van der Waals surface area (Å²) in [4.78, 5) is 0. The summed E-state index contributed by atoms with van der Waals surface area (Å²) in [6.45, 7) is 3.87. The number of hydrogen-bond acceptors (Lipinski definition) is 0. The molecule has 0 amide bonds. The van der Waals surface area contributed by atoms with Gasteiger partial charge in [-0.1, -0.05) is 67.6 Å². The van der Waals surface area contributed by atoms with E-state index >= 15 is 8.78 Å². The molecule has 0 aliphatic heterocycles. The Labute approximate surface area is 230 Å². The van der Waals surface area contributed by atoms with Crippen LogP contribution in [0.2, 0.25) is 0 Å². The molecule has 3 aromatic carbocycles. The predicted molar refractivity (Wildman–Crippen MR) is 151 cm³/mol. The van der Waals surface area contributed by atoms with Crippen molar-refractivity contribution in [1.82, 2.24) is 0 Å². The van der Waals surface area contributed by atoms with E-state index in [-0.39, 0.29) is 17.0 Å². The Morgan fingerprint density at radius 3 is 1.67 bits per heavy atom. The first-order valence-corrected chi connectivity index (χ1v) is 14.6. The van der Waals surface area contributed by atoms with Crippen LogP contribution in [0, 0.1) is 41.0 Å². The molecule has 0 spiro atoms. The van der Waals surface area contributed by atoms with E-state index in [2.05, 4.69) is 19.1 Å². The van der Waals surface area contributed by atoms with Crippen LogP contribution in [0.25, 0.3) is 22.3 Å². The highest BCUT2D eigenvalue weighted by molar-refractivity contribution is 5.71. The summed E-state index contributed by atoms with van der Waals surface area (Å²) in [6, 6.07) is 13.1. The Hall–Kier alpha value is -2.88. The van der Waals surface area contributed by atoms with Crippen LogP contribution in [0.1, 0.15) is 82.3 Å². The smallest absolute Gasteiger partial charge is 0.166 e. The van der Waals surface area contributed by atoms with E-state index in [9.17, 15) is 8.78 Å². The van der Waals surface area contributed by atoms with Gasteiger partial charge in [0.2, 0.25) is 0 Å².